The molecule has 1 unspecified atom stereocenters. The molecule has 1 atom stereocenters. The van der Waals surface area contributed by atoms with Gasteiger partial charge in [-0.1, -0.05) is 44.2 Å². The molecule has 1 aromatic rings. The van der Waals surface area contributed by atoms with Gasteiger partial charge in [0.1, 0.15) is 6.29 Å². The Bertz CT molecular complexity index is 360. The Morgan fingerprint density at radius 1 is 1.29 bits per heavy atom. The maximum atomic E-state index is 11.6. The molecule has 3 nitrogen and oxygen atoms in total. The van der Waals surface area contributed by atoms with Gasteiger partial charge < -0.3 is 10.1 Å². The lowest BCUT2D eigenvalue weighted by molar-refractivity contribution is -0.124. The second kappa shape index (κ2) is 6.84. The lowest BCUT2D eigenvalue weighted by atomic mass is 10.1. The van der Waals surface area contributed by atoms with Crippen molar-refractivity contribution in [3.8, 4) is 0 Å². The minimum Gasteiger partial charge on any atom is -0.346 e. The SMILES string of the molecule is CC(C)C(C=O)NC(=O)CCc1ccccc1. The second-order valence-electron chi connectivity index (χ2n) is 4.46. The van der Waals surface area contributed by atoms with E-state index in [1.807, 2.05) is 44.2 Å². The molecule has 0 aliphatic rings. The van der Waals surface area contributed by atoms with Crippen LogP contribution in [-0.2, 0) is 16.0 Å². The van der Waals surface area contributed by atoms with Crippen LogP contribution in [0.15, 0.2) is 30.3 Å². The Balaban J connectivity index is 2.37. The molecule has 0 heterocycles. The minimum atomic E-state index is -0.377. The molecular weight excluding hydrogens is 214 g/mol. The van der Waals surface area contributed by atoms with Gasteiger partial charge in [-0.05, 0) is 17.9 Å². The van der Waals surface area contributed by atoms with Crippen LogP contribution in [0.25, 0.3) is 0 Å². The van der Waals surface area contributed by atoms with E-state index in [4.69, 9.17) is 0 Å². The van der Waals surface area contributed by atoms with Crippen molar-refractivity contribution in [3.63, 3.8) is 0 Å². The Kier molecular flexibility index (Phi) is 5.40. The van der Waals surface area contributed by atoms with E-state index in [2.05, 4.69) is 5.32 Å². The molecule has 0 aliphatic carbocycles. The van der Waals surface area contributed by atoms with Gasteiger partial charge >= 0.3 is 0 Å². The molecule has 0 fully saturated rings. The highest BCUT2D eigenvalue weighted by Crippen LogP contribution is 2.03. The maximum absolute atomic E-state index is 11.6. The molecule has 17 heavy (non-hydrogen) atoms. The zero-order valence-corrected chi connectivity index (χ0v) is 10.3. The molecule has 0 aliphatic heterocycles. The van der Waals surface area contributed by atoms with Crippen molar-refractivity contribution in [2.45, 2.75) is 32.7 Å². The smallest absolute Gasteiger partial charge is 0.220 e. The minimum absolute atomic E-state index is 0.0698. The summed E-state index contributed by atoms with van der Waals surface area (Å²) >= 11 is 0. The molecule has 1 N–H and O–H groups in total. The van der Waals surface area contributed by atoms with Crippen molar-refractivity contribution < 1.29 is 9.59 Å². The van der Waals surface area contributed by atoms with Gasteiger partial charge in [0.15, 0.2) is 0 Å². The van der Waals surface area contributed by atoms with Crippen LogP contribution in [0.3, 0.4) is 0 Å². The van der Waals surface area contributed by atoms with Crippen LogP contribution in [0.4, 0.5) is 0 Å². The fourth-order valence-electron chi connectivity index (χ4n) is 1.52. The number of benzene rings is 1. The zero-order valence-electron chi connectivity index (χ0n) is 10.3. The van der Waals surface area contributed by atoms with Crippen molar-refractivity contribution in [2.75, 3.05) is 0 Å². The molecule has 0 bridgehead atoms. The average molecular weight is 233 g/mol. The van der Waals surface area contributed by atoms with Gasteiger partial charge in [-0.15, -0.1) is 0 Å². The summed E-state index contributed by atoms with van der Waals surface area (Å²) in [5.41, 5.74) is 1.13. The number of nitrogens with one attached hydrogen (secondary N) is 1. The first kappa shape index (κ1) is 13.4. The Hall–Kier alpha value is -1.64. The number of carbonyl (C=O) groups excluding carboxylic acids is 2. The quantitative estimate of drug-likeness (QED) is 0.763. The summed E-state index contributed by atoms with van der Waals surface area (Å²) in [4.78, 5) is 22.4. The summed E-state index contributed by atoms with van der Waals surface area (Å²) in [6.45, 7) is 3.83. The summed E-state index contributed by atoms with van der Waals surface area (Å²) in [7, 11) is 0. The number of amides is 1. The van der Waals surface area contributed by atoms with Crippen LogP contribution in [-0.4, -0.2) is 18.2 Å². The monoisotopic (exact) mass is 233 g/mol. The van der Waals surface area contributed by atoms with Gasteiger partial charge in [0, 0.05) is 6.42 Å². The molecule has 1 aromatic carbocycles. The molecule has 0 aromatic heterocycles. The average Bonchev–Trinajstić information content (AvgIpc) is 2.34. The van der Waals surface area contributed by atoms with Crippen LogP contribution in [0.1, 0.15) is 25.8 Å². The standard InChI is InChI=1S/C14H19NO2/c1-11(2)13(10-16)15-14(17)9-8-12-6-4-3-5-7-12/h3-7,10-11,13H,8-9H2,1-2H3,(H,15,17). The molecule has 92 valence electrons. The third-order valence-corrected chi connectivity index (χ3v) is 2.68. The van der Waals surface area contributed by atoms with E-state index in [0.29, 0.717) is 12.8 Å². The van der Waals surface area contributed by atoms with Crippen LogP contribution < -0.4 is 5.32 Å². The van der Waals surface area contributed by atoms with E-state index in [-0.39, 0.29) is 17.9 Å². The van der Waals surface area contributed by atoms with E-state index < -0.39 is 0 Å². The number of aryl methyl sites for hydroxylation is 1. The molecule has 0 saturated heterocycles. The van der Waals surface area contributed by atoms with Crippen LogP contribution >= 0.6 is 0 Å². The van der Waals surface area contributed by atoms with Gasteiger partial charge in [-0.2, -0.15) is 0 Å². The number of hydrogen-bond donors (Lipinski definition) is 1. The summed E-state index contributed by atoms with van der Waals surface area (Å²) in [5.74, 6) is 0.0628. The molecule has 3 heteroatoms. The Morgan fingerprint density at radius 2 is 1.94 bits per heavy atom. The highest BCUT2D eigenvalue weighted by molar-refractivity contribution is 5.79. The molecule has 0 saturated carbocycles. The van der Waals surface area contributed by atoms with Gasteiger partial charge in [-0.25, -0.2) is 0 Å². The number of rotatable bonds is 6. The Morgan fingerprint density at radius 3 is 2.47 bits per heavy atom. The first-order valence-corrected chi connectivity index (χ1v) is 5.92. The highest BCUT2D eigenvalue weighted by atomic mass is 16.2. The lowest BCUT2D eigenvalue weighted by Gasteiger charge is -2.15. The van der Waals surface area contributed by atoms with Gasteiger partial charge in [0.2, 0.25) is 5.91 Å². The van der Waals surface area contributed by atoms with Crippen LogP contribution in [0.2, 0.25) is 0 Å². The Labute approximate surface area is 102 Å². The van der Waals surface area contributed by atoms with E-state index in [0.717, 1.165) is 11.8 Å². The van der Waals surface area contributed by atoms with E-state index in [1.54, 1.807) is 0 Å². The number of carbonyl (C=O) groups is 2. The third kappa shape index (κ3) is 4.81. The normalized spacial score (nSPS) is 12.2. The maximum Gasteiger partial charge on any atom is 0.220 e. The molecule has 1 amide bonds. The molecule has 0 radical (unpaired) electrons. The fraction of sp³-hybridized carbons (Fsp3) is 0.429. The first-order valence-electron chi connectivity index (χ1n) is 5.92. The summed E-state index contributed by atoms with van der Waals surface area (Å²) in [5, 5.41) is 2.73. The number of aldehydes is 1. The van der Waals surface area contributed by atoms with Crippen molar-refractivity contribution in [1.29, 1.82) is 0 Å². The third-order valence-electron chi connectivity index (χ3n) is 2.68. The summed E-state index contributed by atoms with van der Waals surface area (Å²) < 4.78 is 0. The molecule has 1 rings (SSSR count). The number of hydrogen-bond acceptors (Lipinski definition) is 2. The van der Waals surface area contributed by atoms with Crippen molar-refractivity contribution in [2.24, 2.45) is 5.92 Å². The van der Waals surface area contributed by atoms with Crippen molar-refractivity contribution >= 4 is 12.2 Å². The van der Waals surface area contributed by atoms with Gasteiger partial charge in [0.25, 0.3) is 0 Å². The largest absolute Gasteiger partial charge is 0.346 e. The van der Waals surface area contributed by atoms with Crippen molar-refractivity contribution in [1.82, 2.24) is 5.32 Å². The summed E-state index contributed by atoms with van der Waals surface area (Å²) in [6.07, 6.45) is 1.92. The highest BCUT2D eigenvalue weighted by Gasteiger charge is 2.14. The van der Waals surface area contributed by atoms with Crippen molar-refractivity contribution in [3.05, 3.63) is 35.9 Å². The lowest BCUT2D eigenvalue weighted by Crippen LogP contribution is -2.39. The van der Waals surface area contributed by atoms with Crippen LogP contribution in [0, 0.1) is 5.92 Å². The van der Waals surface area contributed by atoms with E-state index in [1.165, 1.54) is 0 Å². The van der Waals surface area contributed by atoms with Gasteiger partial charge in [0.05, 0.1) is 6.04 Å². The van der Waals surface area contributed by atoms with E-state index >= 15 is 0 Å². The predicted octanol–water partition coefficient (Wildman–Crippen LogP) is 1.96. The predicted molar refractivity (Wildman–Crippen MR) is 67.6 cm³/mol. The van der Waals surface area contributed by atoms with E-state index in [9.17, 15) is 9.59 Å². The van der Waals surface area contributed by atoms with Gasteiger partial charge in [-0.3, -0.25) is 4.79 Å². The molecule has 0 spiro atoms. The summed E-state index contributed by atoms with van der Waals surface area (Å²) in [6, 6.07) is 9.47. The fourth-order valence-corrected chi connectivity index (χ4v) is 1.52. The molecular formula is C14H19NO2. The first-order chi connectivity index (χ1) is 8.13. The second-order valence-corrected chi connectivity index (χ2v) is 4.46. The van der Waals surface area contributed by atoms with Crippen LogP contribution in [0.5, 0.6) is 0 Å². The zero-order chi connectivity index (χ0) is 12.7. The topological polar surface area (TPSA) is 46.2 Å².